The Morgan fingerprint density at radius 3 is 2.54 bits per heavy atom. The van der Waals surface area contributed by atoms with Crippen LogP contribution in [0.4, 0.5) is 0 Å². The summed E-state index contributed by atoms with van der Waals surface area (Å²) in [6.45, 7) is 7.18. The number of aliphatic hydroxyl groups is 1. The molecule has 1 heterocycles. The number of benzene rings is 2. The SMILES string of the molecule is Cc1cccc(CN(C(=O)C(CN)Cc2cnc(OCCOc3c(Cl)cc(C(C)O)cc3Cl)s2)C2CC2)c1C. The Hall–Kier alpha value is -2.36. The molecule has 2 atom stereocenters. The lowest BCUT2D eigenvalue weighted by molar-refractivity contribution is -0.136. The maximum Gasteiger partial charge on any atom is 0.273 e. The van der Waals surface area contributed by atoms with Crippen molar-refractivity contribution in [3.8, 4) is 10.9 Å². The van der Waals surface area contributed by atoms with Crippen molar-refractivity contribution in [2.45, 2.75) is 58.7 Å². The van der Waals surface area contributed by atoms with Gasteiger partial charge in [0, 0.05) is 30.2 Å². The first-order chi connectivity index (χ1) is 18.7. The number of rotatable bonds is 13. The molecule has 210 valence electrons. The fraction of sp³-hybridized carbons (Fsp3) is 0.448. The van der Waals surface area contributed by atoms with Gasteiger partial charge in [-0.25, -0.2) is 4.98 Å². The highest BCUT2D eigenvalue weighted by molar-refractivity contribution is 7.13. The van der Waals surface area contributed by atoms with E-state index in [4.69, 9.17) is 38.4 Å². The Labute approximate surface area is 243 Å². The van der Waals surface area contributed by atoms with Crippen molar-refractivity contribution in [2.24, 2.45) is 11.7 Å². The molecule has 1 fully saturated rings. The second-order valence-electron chi connectivity index (χ2n) is 9.97. The molecule has 1 saturated carbocycles. The predicted molar refractivity (Wildman–Crippen MR) is 156 cm³/mol. The van der Waals surface area contributed by atoms with Crippen LogP contribution in [-0.4, -0.2) is 46.7 Å². The zero-order valence-corrected chi connectivity index (χ0v) is 24.8. The van der Waals surface area contributed by atoms with Gasteiger partial charge in [-0.2, -0.15) is 0 Å². The molecule has 2 unspecified atom stereocenters. The predicted octanol–water partition coefficient (Wildman–Crippen LogP) is 5.89. The molecule has 0 aliphatic heterocycles. The fourth-order valence-corrected chi connectivity index (χ4v) is 5.85. The third-order valence-electron chi connectivity index (χ3n) is 7.00. The van der Waals surface area contributed by atoms with Crippen LogP contribution in [0.25, 0.3) is 0 Å². The number of hydrogen-bond donors (Lipinski definition) is 2. The van der Waals surface area contributed by atoms with Gasteiger partial charge in [-0.05, 0) is 74.4 Å². The Bertz CT molecular complexity index is 1270. The smallest absolute Gasteiger partial charge is 0.273 e. The van der Waals surface area contributed by atoms with Crippen molar-refractivity contribution < 1.29 is 19.4 Å². The molecular weight excluding hydrogens is 557 g/mol. The topological polar surface area (TPSA) is 97.9 Å². The van der Waals surface area contributed by atoms with Gasteiger partial charge in [0.15, 0.2) is 5.75 Å². The molecule has 1 amide bonds. The molecule has 2 aromatic carbocycles. The van der Waals surface area contributed by atoms with Gasteiger partial charge in [0.05, 0.1) is 22.1 Å². The quantitative estimate of drug-likeness (QED) is 0.241. The lowest BCUT2D eigenvalue weighted by atomic mass is 10.00. The molecule has 0 bridgehead atoms. The van der Waals surface area contributed by atoms with Gasteiger partial charge in [-0.1, -0.05) is 52.7 Å². The van der Waals surface area contributed by atoms with E-state index in [1.54, 1.807) is 25.3 Å². The molecular formula is C29H35Cl2N3O4S. The second-order valence-corrected chi connectivity index (χ2v) is 11.9. The van der Waals surface area contributed by atoms with Gasteiger partial charge in [-0.3, -0.25) is 4.79 Å². The molecule has 4 rings (SSSR count). The number of ether oxygens (including phenoxy) is 2. The normalized spacial score (nSPS) is 14.6. The fourth-order valence-electron chi connectivity index (χ4n) is 4.37. The van der Waals surface area contributed by atoms with E-state index in [1.165, 1.54) is 28.0 Å². The highest BCUT2D eigenvalue weighted by Gasteiger charge is 2.36. The van der Waals surface area contributed by atoms with Crippen LogP contribution < -0.4 is 15.2 Å². The van der Waals surface area contributed by atoms with E-state index in [1.807, 2.05) is 11.0 Å². The molecule has 10 heteroatoms. The van der Waals surface area contributed by atoms with Gasteiger partial charge >= 0.3 is 0 Å². The number of aryl methyl sites for hydroxylation is 1. The van der Waals surface area contributed by atoms with Gasteiger partial charge in [0.2, 0.25) is 5.91 Å². The minimum Gasteiger partial charge on any atom is -0.487 e. The summed E-state index contributed by atoms with van der Waals surface area (Å²) in [5, 5.41) is 10.9. The first-order valence-electron chi connectivity index (χ1n) is 13.1. The Morgan fingerprint density at radius 1 is 1.21 bits per heavy atom. The van der Waals surface area contributed by atoms with Crippen molar-refractivity contribution in [2.75, 3.05) is 19.8 Å². The van der Waals surface area contributed by atoms with Gasteiger partial charge in [0.1, 0.15) is 13.2 Å². The molecule has 1 aromatic heterocycles. The molecule has 3 aromatic rings. The Kier molecular flexibility index (Phi) is 10.1. The molecule has 1 aliphatic carbocycles. The van der Waals surface area contributed by atoms with Crippen molar-refractivity contribution in [1.82, 2.24) is 9.88 Å². The Morgan fingerprint density at radius 2 is 1.90 bits per heavy atom. The standard InChI is InChI=1S/C29H35Cl2N3O4S/c1-17-5-4-6-20(18(17)2)16-34(23-7-8-23)28(36)22(14-32)11-24-15-33-29(39-24)38-10-9-37-27-25(30)12-21(19(3)35)13-26(27)31/h4-6,12-13,15,19,22-23,35H,7-11,14,16,32H2,1-3H3. The van der Waals surface area contributed by atoms with Crippen LogP contribution in [0.1, 0.15) is 53.0 Å². The highest BCUT2D eigenvalue weighted by atomic mass is 35.5. The van der Waals surface area contributed by atoms with Crippen molar-refractivity contribution in [1.29, 1.82) is 0 Å². The first-order valence-corrected chi connectivity index (χ1v) is 14.7. The Balaban J connectivity index is 1.31. The third kappa shape index (κ3) is 7.64. The second kappa shape index (κ2) is 13.3. The summed E-state index contributed by atoms with van der Waals surface area (Å²) in [6, 6.07) is 9.79. The van der Waals surface area contributed by atoms with E-state index in [0.717, 1.165) is 17.7 Å². The summed E-state index contributed by atoms with van der Waals surface area (Å²) in [5.41, 5.74) is 10.4. The van der Waals surface area contributed by atoms with Crippen LogP contribution in [-0.2, 0) is 17.8 Å². The zero-order chi connectivity index (χ0) is 28.1. The zero-order valence-electron chi connectivity index (χ0n) is 22.5. The molecule has 0 spiro atoms. The van der Waals surface area contributed by atoms with E-state index in [9.17, 15) is 9.90 Å². The van der Waals surface area contributed by atoms with Crippen LogP contribution in [0, 0.1) is 19.8 Å². The average Bonchev–Trinajstić information content (AvgIpc) is 3.65. The number of halogens is 2. The number of nitrogens with two attached hydrogens (primary N) is 1. The highest BCUT2D eigenvalue weighted by Crippen LogP contribution is 2.36. The number of aromatic nitrogens is 1. The number of thiazole rings is 1. The number of hydrogen-bond acceptors (Lipinski definition) is 7. The lowest BCUT2D eigenvalue weighted by Crippen LogP contribution is -2.41. The lowest BCUT2D eigenvalue weighted by Gasteiger charge is -2.27. The van der Waals surface area contributed by atoms with E-state index < -0.39 is 6.10 Å². The summed E-state index contributed by atoms with van der Waals surface area (Å²) in [6.07, 6.45) is 3.65. The van der Waals surface area contributed by atoms with Crippen LogP contribution >= 0.6 is 34.5 Å². The van der Waals surface area contributed by atoms with E-state index >= 15 is 0 Å². The van der Waals surface area contributed by atoms with Crippen molar-refractivity contribution >= 4 is 40.4 Å². The number of aliphatic hydroxyl groups excluding tert-OH is 1. The van der Waals surface area contributed by atoms with Crippen LogP contribution in [0.3, 0.4) is 0 Å². The van der Waals surface area contributed by atoms with Crippen LogP contribution in [0.2, 0.25) is 10.0 Å². The maximum atomic E-state index is 13.6. The molecule has 1 aliphatic rings. The van der Waals surface area contributed by atoms with Crippen molar-refractivity contribution in [3.63, 3.8) is 0 Å². The van der Waals surface area contributed by atoms with Crippen LogP contribution in [0.5, 0.6) is 10.9 Å². The molecule has 39 heavy (non-hydrogen) atoms. The van der Waals surface area contributed by atoms with E-state index in [-0.39, 0.29) is 37.6 Å². The number of carbonyl (C=O) groups excluding carboxylic acids is 1. The van der Waals surface area contributed by atoms with Crippen molar-refractivity contribution in [3.05, 3.63) is 73.7 Å². The monoisotopic (exact) mass is 591 g/mol. The first kappa shape index (κ1) is 29.6. The summed E-state index contributed by atoms with van der Waals surface area (Å²) >= 11 is 13.9. The maximum absolute atomic E-state index is 13.6. The summed E-state index contributed by atoms with van der Waals surface area (Å²) in [4.78, 5) is 20.9. The van der Waals surface area contributed by atoms with Gasteiger partial charge in [0.25, 0.3) is 5.19 Å². The van der Waals surface area contributed by atoms with Gasteiger partial charge in [-0.15, -0.1) is 0 Å². The number of nitrogens with zero attached hydrogens (tertiary/aromatic N) is 2. The van der Waals surface area contributed by atoms with Crippen LogP contribution in [0.15, 0.2) is 36.5 Å². The van der Waals surface area contributed by atoms with E-state index in [2.05, 4.69) is 31.0 Å². The summed E-state index contributed by atoms with van der Waals surface area (Å²) < 4.78 is 11.5. The number of carbonyl (C=O) groups is 1. The molecule has 7 nitrogen and oxygen atoms in total. The average molecular weight is 593 g/mol. The molecule has 0 radical (unpaired) electrons. The summed E-state index contributed by atoms with van der Waals surface area (Å²) in [5.74, 6) is 0.123. The molecule has 0 saturated heterocycles. The minimum absolute atomic E-state index is 0.0977. The number of amides is 1. The minimum atomic E-state index is -0.681. The summed E-state index contributed by atoms with van der Waals surface area (Å²) in [7, 11) is 0. The third-order valence-corrected chi connectivity index (χ3v) is 8.49. The van der Waals surface area contributed by atoms with Gasteiger partial charge < -0.3 is 25.2 Å². The molecule has 3 N–H and O–H groups in total. The van der Waals surface area contributed by atoms with E-state index in [0.29, 0.717) is 39.5 Å². The largest absolute Gasteiger partial charge is 0.487 e.